The number of rotatable bonds is 6. The lowest BCUT2D eigenvalue weighted by atomic mass is 9.95. The fourth-order valence-electron chi connectivity index (χ4n) is 4.23. The van der Waals surface area contributed by atoms with Gasteiger partial charge in [-0.15, -0.1) is 0 Å². The SMILES string of the molecule is Cc1cccc(CN(C2Cc3cc(C#N)ccc3N(Cc3cnc[nH]3)C2)S(C)(=O)=O)c1. The van der Waals surface area contributed by atoms with Crippen LogP contribution in [0.15, 0.2) is 55.0 Å². The van der Waals surface area contributed by atoms with Crippen molar-refractivity contribution in [1.82, 2.24) is 14.3 Å². The number of imidazole rings is 1. The first-order valence-electron chi connectivity index (χ1n) is 10.1. The van der Waals surface area contributed by atoms with E-state index in [1.165, 1.54) is 6.26 Å². The van der Waals surface area contributed by atoms with Crippen LogP contribution in [0.25, 0.3) is 0 Å². The summed E-state index contributed by atoms with van der Waals surface area (Å²) in [7, 11) is -3.46. The fourth-order valence-corrected chi connectivity index (χ4v) is 5.29. The number of benzene rings is 2. The van der Waals surface area contributed by atoms with Crippen LogP contribution in [0.5, 0.6) is 0 Å². The number of hydrogen-bond donors (Lipinski definition) is 1. The topological polar surface area (TPSA) is 93.1 Å². The van der Waals surface area contributed by atoms with E-state index < -0.39 is 10.0 Å². The molecule has 2 heterocycles. The third-order valence-corrected chi connectivity index (χ3v) is 6.89. The number of aromatic amines is 1. The normalized spacial score (nSPS) is 16.2. The number of sulfonamides is 1. The summed E-state index contributed by atoms with van der Waals surface area (Å²) < 4.78 is 27.2. The van der Waals surface area contributed by atoms with Gasteiger partial charge in [-0.2, -0.15) is 9.57 Å². The quantitative estimate of drug-likeness (QED) is 0.643. The zero-order chi connectivity index (χ0) is 22.0. The summed E-state index contributed by atoms with van der Waals surface area (Å²) in [6, 6.07) is 15.5. The van der Waals surface area contributed by atoms with Gasteiger partial charge in [-0.1, -0.05) is 29.8 Å². The fraction of sp³-hybridized carbons (Fsp3) is 0.304. The summed E-state index contributed by atoms with van der Waals surface area (Å²) in [5, 5.41) is 9.35. The Kier molecular flexibility index (Phi) is 5.81. The van der Waals surface area contributed by atoms with Crippen molar-refractivity contribution >= 4 is 15.7 Å². The Morgan fingerprint density at radius 1 is 1.29 bits per heavy atom. The van der Waals surface area contributed by atoms with E-state index in [9.17, 15) is 13.7 Å². The predicted octanol–water partition coefficient (Wildman–Crippen LogP) is 2.98. The molecule has 0 radical (unpaired) electrons. The Morgan fingerprint density at radius 3 is 2.81 bits per heavy atom. The molecular weight excluding hydrogens is 410 g/mol. The van der Waals surface area contributed by atoms with Gasteiger partial charge >= 0.3 is 0 Å². The number of fused-ring (bicyclic) bond motifs is 1. The standard InChI is InChI=1S/C23H25N5O2S/c1-17-4-3-5-19(8-17)13-28(31(2,29)30)22-10-20-9-18(11-24)6-7-23(20)27(15-22)14-21-12-25-16-26-21/h3-9,12,16,22H,10,13-15H2,1-2H3,(H,25,26). The molecule has 1 aliphatic heterocycles. The maximum Gasteiger partial charge on any atom is 0.211 e. The minimum Gasteiger partial charge on any atom is -0.364 e. The lowest BCUT2D eigenvalue weighted by Crippen LogP contribution is -2.50. The second-order valence-corrected chi connectivity index (χ2v) is 10.0. The van der Waals surface area contributed by atoms with Crippen LogP contribution in [0.2, 0.25) is 0 Å². The molecule has 8 heteroatoms. The highest BCUT2D eigenvalue weighted by molar-refractivity contribution is 7.88. The van der Waals surface area contributed by atoms with E-state index >= 15 is 0 Å². The summed E-state index contributed by atoms with van der Waals surface area (Å²) >= 11 is 0. The van der Waals surface area contributed by atoms with E-state index in [-0.39, 0.29) is 6.04 Å². The monoisotopic (exact) mass is 435 g/mol. The van der Waals surface area contributed by atoms with Crippen LogP contribution in [0.4, 0.5) is 5.69 Å². The average molecular weight is 436 g/mol. The van der Waals surface area contributed by atoms with Crippen LogP contribution in [0.1, 0.15) is 27.9 Å². The first-order valence-corrected chi connectivity index (χ1v) is 12.0. The summed E-state index contributed by atoms with van der Waals surface area (Å²) in [5.41, 5.74) is 5.58. The van der Waals surface area contributed by atoms with Crippen molar-refractivity contribution in [3.63, 3.8) is 0 Å². The van der Waals surface area contributed by atoms with E-state index in [2.05, 4.69) is 20.9 Å². The molecule has 3 aromatic rings. The number of aryl methyl sites for hydroxylation is 1. The van der Waals surface area contributed by atoms with Gasteiger partial charge in [0.2, 0.25) is 10.0 Å². The van der Waals surface area contributed by atoms with Crippen molar-refractivity contribution < 1.29 is 8.42 Å². The number of nitriles is 1. The largest absolute Gasteiger partial charge is 0.364 e. The zero-order valence-electron chi connectivity index (χ0n) is 17.6. The smallest absolute Gasteiger partial charge is 0.211 e. The molecule has 31 heavy (non-hydrogen) atoms. The van der Waals surface area contributed by atoms with Crippen molar-refractivity contribution in [3.05, 3.63) is 82.9 Å². The summed E-state index contributed by atoms with van der Waals surface area (Å²) in [4.78, 5) is 9.38. The molecule has 0 fully saturated rings. The van der Waals surface area contributed by atoms with Crippen molar-refractivity contribution in [2.75, 3.05) is 17.7 Å². The molecule has 160 valence electrons. The van der Waals surface area contributed by atoms with Gasteiger partial charge in [-0.25, -0.2) is 13.4 Å². The Balaban J connectivity index is 1.70. The molecule has 0 aliphatic carbocycles. The number of anilines is 1. The molecule has 0 amide bonds. The Hall–Kier alpha value is -3.15. The second kappa shape index (κ2) is 8.53. The Bertz CT molecular complexity index is 1220. The van der Waals surface area contributed by atoms with Crippen LogP contribution < -0.4 is 4.90 Å². The number of nitrogens with zero attached hydrogens (tertiary/aromatic N) is 4. The first kappa shape index (κ1) is 21.1. The third-order valence-electron chi connectivity index (χ3n) is 5.61. The Morgan fingerprint density at radius 2 is 2.13 bits per heavy atom. The molecule has 0 saturated carbocycles. The Labute approximate surface area is 183 Å². The van der Waals surface area contributed by atoms with Gasteiger partial charge in [0.25, 0.3) is 0 Å². The molecule has 0 spiro atoms. The van der Waals surface area contributed by atoms with E-state index in [4.69, 9.17) is 0 Å². The predicted molar refractivity (Wildman–Crippen MR) is 120 cm³/mol. The number of H-pyrrole nitrogens is 1. The van der Waals surface area contributed by atoms with Gasteiger partial charge in [0.05, 0.1) is 36.5 Å². The van der Waals surface area contributed by atoms with Crippen LogP contribution in [-0.2, 0) is 29.5 Å². The number of hydrogen-bond acceptors (Lipinski definition) is 5. The van der Waals surface area contributed by atoms with Crippen molar-refractivity contribution in [2.45, 2.75) is 32.5 Å². The molecule has 1 atom stereocenters. The van der Waals surface area contributed by atoms with Gasteiger partial charge in [-0.3, -0.25) is 0 Å². The molecule has 0 saturated heterocycles. The molecule has 1 unspecified atom stereocenters. The van der Waals surface area contributed by atoms with Gasteiger partial charge in [0.15, 0.2) is 0 Å². The van der Waals surface area contributed by atoms with Crippen LogP contribution in [0.3, 0.4) is 0 Å². The van der Waals surface area contributed by atoms with Gasteiger partial charge in [-0.05, 0) is 42.7 Å². The van der Waals surface area contributed by atoms with E-state index in [0.29, 0.717) is 31.6 Å². The summed E-state index contributed by atoms with van der Waals surface area (Å²) in [6.45, 7) is 3.45. The molecular formula is C23H25N5O2S. The highest BCUT2D eigenvalue weighted by atomic mass is 32.2. The first-order chi connectivity index (χ1) is 14.8. The maximum absolute atomic E-state index is 12.8. The van der Waals surface area contributed by atoms with Gasteiger partial charge in [0.1, 0.15) is 0 Å². The average Bonchev–Trinajstić information content (AvgIpc) is 3.23. The molecule has 1 N–H and O–H groups in total. The molecule has 2 aromatic carbocycles. The molecule has 1 aliphatic rings. The molecule has 1 aromatic heterocycles. The van der Waals surface area contributed by atoms with E-state index in [0.717, 1.165) is 28.1 Å². The lowest BCUT2D eigenvalue weighted by molar-refractivity contribution is 0.305. The van der Waals surface area contributed by atoms with Crippen LogP contribution in [0, 0.1) is 18.3 Å². The third kappa shape index (κ3) is 4.79. The van der Waals surface area contributed by atoms with Gasteiger partial charge < -0.3 is 9.88 Å². The van der Waals surface area contributed by atoms with E-state index in [1.807, 2.05) is 43.3 Å². The maximum atomic E-state index is 12.8. The van der Waals surface area contributed by atoms with Crippen LogP contribution >= 0.6 is 0 Å². The van der Waals surface area contributed by atoms with Crippen molar-refractivity contribution in [1.29, 1.82) is 5.26 Å². The van der Waals surface area contributed by atoms with Crippen molar-refractivity contribution in [3.8, 4) is 6.07 Å². The summed E-state index contributed by atoms with van der Waals surface area (Å²) in [5.74, 6) is 0. The molecule has 4 rings (SSSR count). The minimum atomic E-state index is -3.46. The molecule has 7 nitrogen and oxygen atoms in total. The summed E-state index contributed by atoms with van der Waals surface area (Å²) in [6.07, 6.45) is 5.23. The van der Waals surface area contributed by atoms with Gasteiger partial charge in [0, 0.05) is 31.0 Å². The number of aromatic nitrogens is 2. The highest BCUT2D eigenvalue weighted by Gasteiger charge is 2.33. The highest BCUT2D eigenvalue weighted by Crippen LogP contribution is 2.32. The zero-order valence-corrected chi connectivity index (χ0v) is 18.4. The van der Waals surface area contributed by atoms with E-state index in [1.54, 1.807) is 22.9 Å². The van der Waals surface area contributed by atoms with Crippen molar-refractivity contribution in [2.24, 2.45) is 0 Å². The second-order valence-electron chi connectivity index (χ2n) is 8.07. The lowest BCUT2D eigenvalue weighted by Gasteiger charge is -2.40. The molecule has 0 bridgehead atoms. The van der Waals surface area contributed by atoms with Crippen LogP contribution in [-0.4, -0.2) is 41.5 Å². The minimum absolute atomic E-state index is 0.250. The number of nitrogens with one attached hydrogen (secondary N) is 1.